The number of anilines is 1. The maximum atomic E-state index is 12.7. The molecule has 29 heavy (non-hydrogen) atoms. The molecular formula is C16H15Cl3N8O2. The second kappa shape index (κ2) is 8.36. The quantitative estimate of drug-likeness (QED) is 0.340. The summed E-state index contributed by atoms with van der Waals surface area (Å²) < 4.78 is 5.90. The molecule has 0 aliphatic carbocycles. The molecule has 1 aromatic carbocycles. The van der Waals surface area contributed by atoms with Gasteiger partial charge in [-0.15, -0.1) is 5.10 Å². The molecule has 152 valence electrons. The third kappa shape index (κ3) is 4.04. The highest BCUT2D eigenvalue weighted by Gasteiger charge is 2.25. The van der Waals surface area contributed by atoms with E-state index in [9.17, 15) is 4.79 Å². The molecule has 0 aliphatic heterocycles. The highest BCUT2D eigenvalue weighted by molar-refractivity contribution is 6.49. The van der Waals surface area contributed by atoms with Gasteiger partial charge in [0.2, 0.25) is 11.6 Å². The Morgan fingerprint density at radius 3 is 2.59 bits per heavy atom. The number of nitrogen functional groups attached to an aromatic ring is 1. The van der Waals surface area contributed by atoms with Crippen molar-refractivity contribution in [3.8, 4) is 5.82 Å². The van der Waals surface area contributed by atoms with Gasteiger partial charge in [0.15, 0.2) is 5.69 Å². The Bertz CT molecular complexity index is 1110. The van der Waals surface area contributed by atoms with Crippen LogP contribution >= 0.6 is 34.8 Å². The molecule has 0 aliphatic rings. The molecule has 3 aromatic rings. The Kier molecular flexibility index (Phi) is 6.06. The first-order valence-corrected chi connectivity index (χ1v) is 9.38. The van der Waals surface area contributed by atoms with Gasteiger partial charge in [-0.25, -0.2) is 10.1 Å². The van der Waals surface area contributed by atoms with Crippen molar-refractivity contribution in [3.63, 3.8) is 0 Å². The van der Waals surface area contributed by atoms with E-state index in [1.54, 1.807) is 19.1 Å². The maximum Gasteiger partial charge on any atom is 0.293 e. The van der Waals surface area contributed by atoms with E-state index in [0.717, 1.165) is 0 Å². The topological polar surface area (TPSA) is 137 Å². The summed E-state index contributed by atoms with van der Waals surface area (Å²) in [5.74, 6) is -0.559. The first-order chi connectivity index (χ1) is 13.7. The highest BCUT2D eigenvalue weighted by Crippen LogP contribution is 2.33. The van der Waals surface area contributed by atoms with Gasteiger partial charge in [0.25, 0.3) is 5.91 Å². The highest BCUT2D eigenvalue weighted by atomic mass is 35.5. The van der Waals surface area contributed by atoms with Crippen molar-refractivity contribution in [3.05, 3.63) is 44.2 Å². The number of benzene rings is 1. The van der Waals surface area contributed by atoms with Gasteiger partial charge in [0.05, 0.1) is 26.5 Å². The molecule has 10 nitrogen and oxygen atoms in total. The number of amides is 1. The lowest BCUT2D eigenvalue weighted by Crippen LogP contribution is -2.22. The van der Waals surface area contributed by atoms with Gasteiger partial charge in [-0.3, -0.25) is 4.79 Å². The van der Waals surface area contributed by atoms with Crippen LogP contribution in [0.15, 0.2) is 21.9 Å². The fourth-order valence-electron chi connectivity index (χ4n) is 2.52. The van der Waals surface area contributed by atoms with Gasteiger partial charge < -0.3 is 5.73 Å². The lowest BCUT2D eigenvalue weighted by atomic mass is 10.1. The minimum atomic E-state index is -0.578. The van der Waals surface area contributed by atoms with E-state index < -0.39 is 5.91 Å². The van der Waals surface area contributed by atoms with Crippen molar-refractivity contribution in [2.75, 3.05) is 5.73 Å². The number of nitrogens with one attached hydrogen (secondary N) is 1. The number of hydrogen-bond acceptors (Lipinski definition) is 8. The average Bonchev–Trinajstić information content (AvgIpc) is 3.29. The fourth-order valence-corrected chi connectivity index (χ4v) is 3.19. The second-order valence-electron chi connectivity index (χ2n) is 6.22. The van der Waals surface area contributed by atoms with Crippen LogP contribution in [0.3, 0.4) is 0 Å². The molecule has 13 heteroatoms. The Labute approximate surface area is 179 Å². The standard InChI is InChI=1S/C16H15Cl3N8O2/c1-6(2)13-12(22-26-27(13)15-14(20)24-29-25-15)16(28)23-21-7(3)8-4-5-9(17)11(19)10(8)18/h4-6H,1-3H3,(H2,20,24)(H,23,28)/b21-7+. The molecule has 0 saturated heterocycles. The SMILES string of the molecule is C/C(=N\NC(=O)c1nnn(-c2nonc2N)c1C(C)C)c1ccc(Cl)c(Cl)c1Cl. The zero-order chi connectivity index (χ0) is 21.3. The number of nitrogens with zero attached hydrogens (tertiary/aromatic N) is 6. The minimum Gasteiger partial charge on any atom is -0.378 e. The molecule has 2 heterocycles. The second-order valence-corrected chi connectivity index (χ2v) is 7.39. The van der Waals surface area contributed by atoms with E-state index in [4.69, 9.17) is 40.5 Å². The maximum absolute atomic E-state index is 12.7. The van der Waals surface area contributed by atoms with Gasteiger partial charge in [0, 0.05) is 5.56 Å². The smallest absolute Gasteiger partial charge is 0.293 e. The van der Waals surface area contributed by atoms with Crippen molar-refractivity contribution in [2.24, 2.45) is 5.10 Å². The summed E-state index contributed by atoms with van der Waals surface area (Å²) in [5, 5.41) is 19.9. The predicted molar refractivity (Wildman–Crippen MR) is 109 cm³/mol. The van der Waals surface area contributed by atoms with Gasteiger partial charge in [-0.2, -0.15) is 9.78 Å². The minimum absolute atomic E-state index is 0.0203. The van der Waals surface area contributed by atoms with Crippen LogP contribution in [0.4, 0.5) is 5.82 Å². The predicted octanol–water partition coefficient (Wildman–Crippen LogP) is 3.47. The first kappa shape index (κ1) is 21.0. The number of hydrogen-bond donors (Lipinski definition) is 2. The normalized spacial score (nSPS) is 11.9. The van der Waals surface area contributed by atoms with Crippen LogP contribution in [0.2, 0.25) is 15.1 Å². The molecule has 0 spiro atoms. The van der Waals surface area contributed by atoms with Crippen LogP contribution < -0.4 is 11.2 Å². The van der Waals surface area contributed by atoms with Crippen LogP contribution in [-0.2, 0) is 0 Å². The zero-order valence-electron chi connectivity index (χ0n) is 15.4. The summed E-state index contributed by atoms with van der Waals surface area (Å²) in [6.07, 6.45) is 0. The molecule has 0 atom stereocenters. The van der Waals surface area contributed by atoms with Gasteiger partial charge >= 0.3 is 0 Å². The lowest BCUT2D eigenvalue weighted by molar-refractivity contribution is 0.0948. The van der Waals surface area contributed by atoms with Crippen molar-refractivity contribution in [1.82, 2.24) is 30.7 Å². The fraction of sp³-hybridized carbons (Fsp3) is 0.250. The Morgan fingerprint density at radius 1 is 1.24 bits per heavy atom. The first-order valence-electron chi connectivity index (χ1n) is 8.24. The van der Waals surface area contributed by atoms with E-state index in [0.29, 0.717) is 22.0 Å². The van der Waals surface area contributed by atoms with Crippen molar-refractivity contribution in [1.29, 1.82) is 0 Å². The number of nitrogens with two attached hydrogens (primary N) is 1. The molecule has 2 aromatic heterocycles. The molecule has 0 fully saturated rings. The Hall–Kier alpha value is -2.69. The van der Waals surface area contributed by atoms with Gasteiger partial charge in [-0.05, 0) is 29.2 Å². The Balaban J connectivity index is 1.90. The summed E-state index contributed by atoms with van der Waals surface area (Å²) in [5.41, 5.74) is 9.61. The third-order valence-corrected chi connectivity index (χ3v) is 5.21. The van der Waals surface area contributed by atoms with E-state index in [1.165, 1.54) is 4.68 Å². The van der Waals surface area contributed by atoms with Crippen LogP contribution in [0.25, 0.3) is 5.82 Å². The molecule has 0 unspecified atom stereocenters. The van der Waals surface area contributed by atoms with E-state index >= 15 is 0 Å². The largest absolute Gasteiger partial charge is 0.378 e. The summed E-state index contributed by atoms with van der Waals surface area (Å²) >= 11 is 18.2. The number of halogens is 3. The van der Waals surface area contributed by atoms with E-state index in [1.807, 2.05) is 13.8 Å². The Morgan fingerprint density at radius 2 is 1.97 bits per heavy atom. The van der Waals surface area contributed by atoms with E-state index in [2.05, 4.69) is 35.8 Å². The van der Waals surface area contributed by atoms with Crippen LogP contribution in [0.1, 0.15) is 48.4 Å². The number of carbonyl (C=O) groups excluding carboxylic acids is 1. The number of hydrazone groups is 1. The molecule has 1 amide bonds. The number of aromatic nitrogens is 5. The molecule has 3 rings (SSSR count). The number of rotatable bonds is 5. The summed E-state index contributed by atoms with van der Waals surface area (Å²) in [6, 6.07) is 3.24. The summed E-state index contributed by atoms with van der Waals surface area (Å²) in [7, 11) is 0. The summed E-state index contributed by atoms with van der Waals surface area (Å²) in [6.45, 7) is 5.38. The van der Waals surface area contributed by atoms with Crippen LogP contribution in [0, 0.1) is 0 Å². The average molecular weight is 458 g/mol. The molecule has 0 bridgehead atoms. The van der Waals surface area contributed by atoms with E-state index in [-0.39, 0.29) is 33.3 Å². The molecule has 0 radical (unpaired) electrons. The van der Waals surface area contributed by atoms with Crippen molar-refractivity contribution in [2.45, 2.75) is 26.7 Å². The third-order valence-electron chi connectivity index (χ3n) is 3.91. The molecular weight excluding hydrogens is 443 g/mol. The molecule has 0 saturated carbocycles. The zero-order valence-corrected chi connectivity index (χ0v) is 17.7. The van der Waals surface area contributed by atoms with Crippen molar-refractivity contribution < 1.29 is 9.42 Å². The van der Waals surface area contributed by atoms with Crippen LogP contribution in [-0.4, -0.2) is 36.9 Å². The molecule has 3 N–H and O–H groups in total. The monoisotopic (exact) mass is 456 g/mol. The van der Waals surface area contributed by atoms with Gasteiger partial charge in [-0.1, -0.05) is 59.9 Å². The lowest BCUT2D eigenvalue weighted by Gasteiger charge is -2.09. The number of carbonyl (C=O) groups is 1. The summed E-state index contributed by atoms with van der Waals surface area (Å²) in [4.78, 5) is 12.7. The van der Waals surface area contributed by atoms with Crippen molar-refractivity contribution >= 4 is 52.2 Å². The van der Waals surface area contributed by atoms with Gasteiger partial charge in [0.1, 0.15) is 0 Å². The van der Waals surface area contributed by atoms with Crippen LogP contribution in [0.5, 0.6) is 0 Å².